The molecule has 0 heterocycles. The summed E-state index contributed by atoms with van der Waals surface area (Å²) in [6, 6.07) is 4.41. The van der Waals surface area contributed by atoms with Gasteiger partial charge >= 0.3 is 0 Å². The molecule has 0 unspecified atom stereocenters. The quantitative estimate of drug-likeness (QED) is 0.633. The second kappa shape index (κ2) is 6.72. The van der Waals surface area contributed by atoms with Crippen LogP contribution in [0.3, 0.4) is 0 Å². The van der Waals surface area contributed by atoms with E-state index < -0.39 is 4.92 Å². The minimum Gasteiger partial charge on any atom is -0.380 e. The molecule has 0 aliphatic carbocycles. The lowest BCUT2D eigenvalue weighted by Crippen LogP contribution is -2.30. The number of nitro benzene ring substituents is 1. The lowest BCUT2D eigenvalue weighted by Gasteiger charge is -2.19. The fourth-order valence-corrected chi connectivity index (χ4v) is 1.85. The van der Waals surface area contributed by atoms with E-state index in [2.05, 4.69) is 5.32 Å². The molecule has 1 amide bonds. The van der Waals surface area contributed by atoms with Gasteiger partial charge in [-0.25, -0.2) is 0 Å². The van der Waals surface area contributed by atoms with Crippen molar-refractivity contribution in [3.8, 4) is 0 Å². The van der Waals surface area contributed by atoms with Crippen molar-refractivity contribution in [1.82, 2.24) is 4.90 Å². The first-order valence-corrected chi connectivity index (χ1v) is 6.36. The predicted octanol–water partition coefficient (Wildman–Crippen LogP) is 2.51. The molecule has 1 aromatic rings. The average Bonchev–Trinajstić information content (AvgIpc) is 2.40. The number of carbonyl (C=O) groups excluding carboxylic acids is 1. The molecule has 6 nitrogen and oxygen atoms in total. The highest BCUT2D eigenvalue weighted by molar-refractivity contribution is 5.96. The van der Waals surface area contributed by atoms with E-state index in [9.17, 15) is 14.9 Å². The van der Waals surface area contributed by atoms with Crippen molar-refractivity contribution in [1.29, 1.82) is 0 Å². The summed E-state index contributed by atoms with van der Waals surface area (Å²) >= 11 is 0. The van der Waals surface area contributed by atoms with E-state index in [4.69, 9.17) is 0 Å². The normalized spacial score (nSPS) is 10.1. The average molecular weight is 265 g/mol. The largest absolute Gasteiger partial charge is 0.380 e. The number of hydrogen-bond acceptors (Lipinski definition) is 4. The van der Waals surface area contributed by atoms with Gasteiger partial charge in [0.15, 0.2) is 0 Å². The summed E-state index contributed by atoms with van der Waals surface area (Å²) in [5.74, 6) is -0.112. The number of nitrogens with one attached hydrogen (secondary N) is 1. The Labute approximate surface area is 112 Å². The van der Waals surface area contributed by atoms with Crippen LogP contribution in [0.25, 0.3) is 0 Å². The van der Waals surface area contributed by atoms with Crippen LogP contribution in [0.2, 0.25) is 0 Å². The molecule has 0 bridgehead atoms. The SMILES string of the molecule is CCNc1cc(C(=O)N(CC)CC)ccc1[N+](=O)[O-]. The molecule has 1 aromatic carbocycles. The Morgan fingerprint density at radius 1 is 1.32 bits per heavy atom. The zero-order valence-corrected chi connectivity index (χ0v) is 11.5. The molecule has 0 fully saturated rings. The van der Waals surface area contributed by atoms with E-state index in [1.807, 2.05) is 20.8 Å². The van der Waals surface area contributed by atoms with Crippen LogP contribution in [0.15, 0.2) is 18.2 Å². The Bertz CT molecular complexity index is 470. The first-order valence-electron chi connectivity index (χ1n) is 6.36. The first-order chi connectivity index (χ1) is 9.04. The maximum Gasteiger partial charge on any atom is 0.292 e. The minimum absolute atomic E-state index is 0.0158. The van der Waals surface area contributed by atoms with Crippen LogP contribution in [-0.4, -0.2) is 35.4 Å². The third kappa shape index (κ3) is 3.43. The highest BCUT2D eigenvalue weighted by Crippen LogP contribution is 2.25. The van der Waals surface area contributed by atoms with E-state index in [0.29, 0.717) is 30.9 Å². The molecular formula is C13H19N3O3. The molecule has 0 aromatic heterocycles. The summed E-state index contributed by atoms with van der Waals surface area (Å²) in [5, 5.41) is 13.8. The third-order valence-electron chi connectivity index (χ3n) is 2.86. The molecule has 1 N–H and O–H groups in total. The zero-order valence-electron chi connectivity index (χ0n) is 11.5. The van der Waals surface area contributed by atoms with E-state index in [0.717, 1.165) is 0 Å². The van der Waals surface area contributed by atoms with Gasteiger partial charge < -0.3 is 10.2 Å². The molecular weight excluding hydrogens is 246 g/mol. The molecule has 0 saturated heterocycles. The van der Waals surface area contributed by atoms with Gasteiger partial charge in [0, 0.05) is 31.3 Å². The van der Waals surface area contributed by atoms with E-state index in [1.54, 1.807) is 11.0 Å². The Hall–Kier alpha value is -2.11. The fourth-order valence-electron chi connectivity index (χ4n) is 1.85. The van der Waals surface area contributed by atoms with Crippen molar-refractivity contribution in [2.24, 2.45) is 0 Å². The number of rotatable bonds is 6. The lowest BCUT2D eigenvalue weighted by molar-refractivity contribution is -0.384. The summed E-state index contributed by atoms with van der Waals surface area (Å²) in [5.41, 5.74) is 0.828. The summed E-state index contributed by atoms with van der Waals surface area (Å²) in [6.45, 7) is 7.44. The molecule has 1 rings (SSSR count). The van der Waals surface area contributed by atoms with Gasteiger partial charge in [-0.2, -0.15) is 0 Å². The van der Waals surface area contributed by atoms with Gasteiger partial charge in [0.25, 0.3) is 11.6 Å². The van der Waals surface area contributed by atoms with Gasteiger partial charge in [0.2, 0.25) is 0 Å². The Morgan fingerprint density at radius 2 is 1.95 bits per heavy atom. The number of nitro groups is 1. The van der Waals surface area contributed by atoms with E-state index >= 15 is 0 Å². The van der Waals surface area contributed by atoms with Gasteiger partial charge in [0.1, 0.15) is 5.69 Å². The van der Waals surface area contributed by atoms with Crippen LogP contribution in [0.4, 0.5) is 11.4 Å². The molecule has 6 heteroatoms. The number of hydrogen-bond donors (Lipinski definition) is 1. The maximum absolute atomic E-state index is 12.2. The summed E-state index contributed by atoms with van der Waals surface area (Å²) in [7, 11) is 0. The standard InChI is InChI=1S/C13H19N3O3/c1-4-14-11-9-10(7-8-12(11)16(18)19)13(17)15(5-2)6-3/h7-9,14H,4-6H2,1-3H3. The first kappa shape index (κ1) is 14.9. The van der Waals surface area contributed by atoms with Crippen LogP contribution >= 0.6 is 0 Å². The topological polar surface area (TPSA) is 75.5 Å². The Kier molecular flexibility index (Phi) is 5.29. The van der Waals surface area contributed by atoms with E-state index in [1.165, 1.54) is 12.1 Å². The number of benzene rings is 1. The Balaban J connectivity index is 3.14. The highest BCUT2D eigenvalue weighted by Gasteiger charge is 2.18. The zero-order chi connectivity index (χ0) is 14.4. The molecule has 0 atom stereocenters. The van der Waals surface area contributed by atoms with Gasteiger partial charge in [-0.05, 0) is 32.9 Å². The lowest BCUT2D eigenvalue weighted by atomic mass is 10.1. The predicted molar refractivity (Wildman–Crippen MR) is 74.5 cm³/mol. The summed E-state index contributed by atoms with van der Waals surface area (Å²) in [6.07, 6.45) is 0. The second-order valence-electron chi connectivity index (χ2n) is 4.00. The van der Waals surface area contributed by atoms with Crippen molar-refractivity contribution in [2.75, 3.05) is 25.0 Å². The van der Waals surface area contributed by atoms with Crippen LogP contribution in [0, 0.1) is 10.1 Å². The summed E-state index contributed by atoms with van der Waals surface area (Å²) < 4.78 is 0. The smallest absolute Gasteiger partial charge is 0.292 e. The molecule has 0 aliphatic rings. The van der Waals surface area contributed by atoms with Gasteiger partial charge in [-0.3, -0.25) is 14.9 Å². The van der Waals surface area contributed by atoms with Crippen molar-refractivity contribution >= 4 is 17.3 Å². The molecule has 0 saturated carbocycles. The van der Waals surface area contributed by atoms with E-state index in [-0.39, 0.29) is 11.6 Å². The fraction of sp³-hybridized carbons (Fsp3) is 0.462. The van der Waals surface area contributed by atoms with Crippen LogP contribution in [-0.2, 0) is 0 Å². The number of amides is 1. The Morgan fingerprint density at radius 3 is 2.42 bits per heavy atom. The number of anilines is 1. The monoisotopic (exact) mass is 265 g/mol. The van der Waals surface area contributed by atoms with Gasteiger partial charge in [-0.1, -0.05) is 0 Å². The minimum atomic E-state index is -0.455. The molecule has 0 aliphatic heterocycles. The van der Waals surface area contributed by atoms with Gasteiger partial charge in [0.05, 0.1) is 4.92 Å². The van der Waals surface area contributed by atoms with Gasteiger partial charge in [-0.15, -0.1) is 0 Å². The number of nitrogens with zero attached hydrogens (tertiary/aromatic N) is 2. The maximum atomic E-state index is 12.2. The third-order valence-corrected chi connectivity index (χ3v) is 2.86. The highest BCUT2D eigenvalue weighted by atomic mass is 16.6. The second-order valence-corrected chi connectivity index (χ2v) is 4.00. The van der Waals surface area contributed by atoms with Crippen molar-refractivity contribution in [3.63, 3.8) is 0 Å². The molecule has 19 heavy (non-hydrogen) atoms. The molecule has 0 spiro atoms. The van der Waals surface area contributed by atoms with Crippen LogP contribution in [0.1, 0.15) is 31.1 Å². The van der Waals surface area contributed by atoms with Crippen molar-refractivity contribution in [2.45, 2.75) is 20.8 Å². The molecule has 0 radical (unpaired) electrons. The number of carbonyl (C=O) groups is 1. The molecule has 104 valence electrons. The van der Waals surface area contributed by atoms with Crippen LogP contribution in [0.5, 0.6) is 0 Å². The van der Waals surface area contributed by atoms with Crippen molar-refractivity contribution in [3.05, 3.63) is 33.9 Å². The summed E-state index contributed by atoms with van der Waals surface area (Å²) in [4.78, 5) is 24.3. The van der Waals surface area contributed by atoms with Crippen molar-refractivity contribution < 1.29 is 9.72 Å². The van der Waals surface area contributed by atoms with Crippen LogP contribution < -0.4 is 5.32 Å².